The molecule has 110 valence electrons. The van der Waals surface area contributed by atoms with E-state index in [0.717, 1.165) is 32.1 Å². The smallest absolute Gasteiger partial charge is 0.274 e. The van der Waals surface area contributed by atoms with E-state index in [4.69, 9.17) is 0 Å². The van der Waals surface area contributed by atoms with Crippen molar-refractivity contribution in [3.63, 3.8) is 0 Å². The van der Waals surface area contributed by atoms with Crippen LogP contribution in [0.15, 0.2) is 18.2 Å². The zero-order chi connectivity index (χ0) is 14.5. The van der Waals surface area contributed by atoms with E-state index in [9.17, 15) is 14.5 Å². The molecule has 1 aromatic carbocycles. The molecule has 1 aromatic rings. The van der Waals surface area contributed by atoms with E-state index in [0.29, 0.717) is 18.0 Å². The third kappa shape index (κ3) is 3.74. The summed E-state index contributed by atoms with van der Waals surface area (Å²) < 4.78 is 13.3. The van der Waals surface area contributed by atoms with Crippen LogP contribution in [0.4, 0.5) is 10.1 Å². The van der Waals surface area contributed by atoms with Crippen molar-refractivity contribution in [1.29, 1.82) is 0 Å². The molecule has 0 aromatic heterocycles. The van der Waals surface area contributed by atoms with Gasteiger partial charge in [-0.2, -0.15) is 0 Å². The summed E-state index contributed by atoms with van der Waals surface area (Å²) in [5.74, 6) is 0.135. The Kier molecular flexibility index (Phi) is 5.03. The molecule has 1 saturated heterocycles. The Labute approximate surface area is 117 Å². The number of piperidine rings is 1. The first kappa shape index (κ1) is 14.9. The maximum Gasteiger partial charge on any atom is 0.274 e. The Morgan fingerprint density at radius 1 is 1.55 bits per heavy atom. The summed E-state index contributed by atoms with van der Waals surface area (Å²) in [7, 11) is 1.93. The lowest BCUT2D eigenvalue weighted by atomic mass is 9.97. The lowest BCUT2D eigenvalue weighted by Crippen LogP contribution is -2.38. The van der Waals surface area contributed by atoms with Crippen LogP contribution in [0.2, 0.25) is 0 Å². The van der Waals surface area contributed by atoms with Gasteiger partial charge in [0.15, 0.2) is 0 Å². The molecular formula is C14H20FN3O2. The molecule has 0 spiro atoms. The van der Waals surface area contributed by atoms with Crippen molar-refractivity contribution in [2.45, 2.75) is 19.4 Å². The molecule has 6 heteroatoms. The summed E-state index contributed by atoms with van der Waals surface area (Å²) in [6.45, 7) is 3.19. The van der Waals surface area contributed by atoms with Crippen molar-refractivity contribution < 1.29 is 9.31 Å². The van der Waals surface area contributed by atoms with Crippen LogP contribution in [0.3, 0.4) is 0 Å². The highest BCUT2D eigenvalue weighted by Gasteiger charge is 2.22. The van der Waals surface area contributed by atoms with Crippen LogP contribution in [0, 0.1) is 21.8 Å². The van der Waals surface area contributed by atoms with Crippen LogP contribution in [0.1, 0.15) is 18.4 Å². The van der Waals surface area contributed by atoms with Gasteiger partial charge < -0.3 is 5.32 Å². The van der Waals surface area contributed by atoms with Crippen molar-refractivity contribution in [1.82, 2.24) is 10.2 Å². The fourth-order valence-electron chi connectivity index (χ4n) is 2.85. The van der Waals surface area contributed by atoms with E-state index in [2.05, 4.69) is 10.2 Å². The van der Waals surface area contributed by atoms with Crippen LogP contribution < -0.4 is 5.32 Å². The van der Waals surface area contributed by atoms with E-state index in [1.54, 1.807) is 0 Å². The van der Waals surface area contributed by atoms with Crippen molar-refractivity contribution in [2.24, 2.45) is 5.92 Å². The molecule has 0 radical (unpaired) electrons. The predicted octanol–water partition coefficient (Wildman–Crippen LogP) is 2.17. The zero-order valence-corrected chi connectivity index (χ0v) is 11.6. The normalized spacial score (nSPS) is 20.0. The minimum absolute atomic E-state index is 0.00198. The first-order chi connectivity index (χ1) is 9.60. The van der Waals surface area contributed by atoms with E-state index in [1.807, 2.05) is 7.05 Å². The molecule has 1 atom stereocenters. The number of benzene rings is 1. The molecule has 5 nitrogen and oxygen atoms in total. The molecule has 0 aliphatic carbocycles. The van der Waals surface area contributed by atoms with Crippen LogP contribution >= 0.6 is 0 Å². The van der Waals surface area contributed by atoms with Crippen molar-refractivity contribution >= 4 is 5.69 Å². The number of likely N-dealkylation sites (tertiary alicyclic amines) is 1. The largest absolute Gasteiger partial charge is 0.319 e. The van der Waals surface area contributed by atoms with Crippen LogP contribution in [0.5, 0.6) is 0 Å². The van der Waals surface area contributed by atoms with Crippen LogP contribution in [0.25, 0.3) is 0 Å². The van der Waals surface area contributed by atoms with Gasteiger partial charge >= 0.3 is 0 Å². The van der Waals surface area contributed by atoms with Gasteiger partial charge in [0, 0.05) is 24.7 Å². The number of nitrogens with one attached hydrogen (secondary N) is 1. The average molecular weight is 281 g/mol. The zero-order valence-electron chi connectivity index (χ0n) is 11.6. The second kappa shape index (κ2) is 6.76. The van der Waals surface area contributed by atoms with Gasteiger partial charge in [-0.3, -0.25) is 15.0 Å². The summed E-state index contributed by atoms with van der Waals surface area (Å²) in [5, 5.41) is 14.2. The highest BCUT2D eigenvalue weighted by Crippen LogP contribution is 2.24. The fraction of sp³-hybridized carbons (Fsp3) is 0.571. The fourth-order valence-corrected chi connectivity index (χ4v) is 2.85. The molecular weight excluding hydrogens is 261 g/mol. The summed E-state index contributed by atoms with van der Waals surface area (Å²) in [6, 6.07) is 3.67. The Morgan fingerprint density at radius 2 is 2.35 bits per heavy atom. The molecule has 1 fully saturated rings. The molecule has 0 amide bonds. The lowest BCUT2D eigenvalue weighted by molar-refractivity contribution is -0.385. The molecule has 0 bridgehead atoms. The summed E-state index contributed by atoms with van der Waals surface area (Å²) in [5.41, 5.74) is 0.460. The van der Waals surface area contributed by atoms with E-state index in [1.165, 1.54) is 18.6 Å². The number of halogens is 1. The van der Waals surface area contributed by atoms with Gasteiger partial charge in [0.2, 0.25) is 0 Å². The van der Waals surface area contributed by atoms with Crippen molar-refractivity contribution in [2.75, 3.05) is 26.7 Å². The number of hydrogen-bond donors (Lipinski definition) is 1. The maximum atomic E-state index is 13.3. The van der Waals surface area contributed by atoms with Gasteiger partial charge in [-0.1, -0.05) is 0 Å². The Morgan fingerprint density at radius 3 is 3.05 bits per heavy atom. The topological polar surface area (TPSA) is 58.4 Å². The van der Waals surface area contributed by atoms with Crippen LogP contribution in [-0.4, -0.2) is 36.5 Å². The highest BCUT2D eigenvalue weighted by atomic mass is 19.1. The Hall–Kier alpha value is -1.53. The van der Waals surface area contributed by atoms with E-state index < -0.39 is 10.7 Å². The Bertz CT molecular complexity index is 479. The number of nitro benzene ring substituents is 1. The minimum atomic E-state index is -0.441. The second-order valence-corrected chi connectivity index (χ2v) is 5.33. The van der Waals surface area contributed by atoms with Crippen LogP contribution in [-0.2, 0) is 6.54 Å². The molecule has 1 N–H and O–H groups in total. The average Bonchev–Trinajstić information content (AvgIpc) is 2.39. The molecule has 1 unspecified atom stereocenters. The number of nitro groups is 1. The monoisotopic (exact) mass is 281 g/mol. The van der Waals surface area contributed by atoms with Crippen molar-refractivity contribution in [3.8, 4) is 0 Å². The second-order valence-electron chi connectivity index (χ2n) is 5.33. The standard InChI is InChI=1S/C14H20FN3O2/c1-16-8-11-3-2-6-17(9-11)10-12-7-13(15)4-5-14(12)18(19)20/h4-5,7,11,16H,2-3,6,8-10H2,1H3. The van der Waals surface area contributed by atoms with Gasteiger partial charge in [0.1, 0.15) is 5.82 Å². The molecule has 1 aliphatic heterocycles. The number of rotatable bonds is 5. The number of nitrogens with zero attached hydrogens (tertiary/aromatic N) is 2. The summed E-state index contributed by atoms with van der Waals surface area (Å²) in [6.07, 6.45) is 2.25. The van der Waals surface area contributed by atoms with Gasteiger partial charge in [0.05, 0.1) is 4.92 Å². The third-order valence-electron chi connectivity index (χ3n) is 3.73. The van der Waals surface area contributed by atoms with Crippen molar-refractivity contribution in [3.05, 3.63) is 39.7 Å². The summed E-state index contributed by atoms with van der Waals surface area (Å²) >= 11 is 0. The van der Waals surface area contributed by atoms with E-state index in [-0.39, 0.29) is 5.69 Å². The molecule has 0 saturated carbocycles. The molecule has 20 heavy (non-hydrogen) atoms. The first-order valence-electron chi connectivity index (χ1n) is 6.90. The quantitative estimate of drug-likeness (QED) is 0.664. The van der Waals surface area contributed by atoms with Gasteiger partial charge in [-0.25, -0.2) is 4.39 Å². The number of hydrogen-bond acceptors (Lipinski definition) is 4. The molecule has 1 heterocycles. The lowest BCUT2D eigenvalue weighted by Gasteiger charge is -2.32. The molecule has 1 aliphatic rings. The third-order valence-corrected chi connectivity index (χ3v) is 3.73. The van der Waals surface area contributed by atoms with Gasteiger partial charge in [0.25, 0.3) is 5.69 Å². The highest BCUT2D eigenvalue weighted by molar-refractivity contribution is 5.40. The minimum Gasteiger partial charge on any atom is -0.319 e. The molecule has 2 rings (SSSR count). The Balaban J connectivity index is 2.09. The predicted molar refractivity (Wildman–Crippen MR) is 75.0 cm³/mol. The first-order valence-corrected chi connectivity index (χ1v) is 6.90. The van der Waals surface area contributed by atoms with E-state index >= 15 is 0 Å². The summed E-state index contributed by atoms with van der Waals surface area (Å²) in [4.78, 5) is 12.7. The van der Waals surface area contributed by atoms with Gasteiger partial charge in [-0.05, 0) is 51.0 Å². The SMILES string of the molecule is CNCC1CCCN(Cc2cc(F)ccc2[N+](=O)[O-])C1. The maximum absolute atomic E-state index is 13.3. The van der Waals surface area contributed by atoms with Gasteiger partial charge in [-0.15, -0.1) is 0 Å².